The van der Waals surface area contributed by atoms with Crippen LogP contribution in [0, 0.1) is 5.82 Å². The third kappa shape index (κ3) is 5.71. The van der Waals surface area contributed by atoms with E-state index in [1.807, 2.05) is 0 Å². The van der Waals surface area contributed by atoms with Crippen molar-refractivity contribution in [1.82, 2.24) is 10.6 Å². The van der Waals surface area contributed by atoms with Gasteiger partial charge in [-0.25, -0.2) is 12.8 Å². The van der Waals surface area contributed by atoms with Gasteiger partial charge in [-0.3, -0.25) is 9.59 Å². The number of ether oxygens (including phenoxy) is 1. The Balaban J connectivity index is 1.66. The topological polar surface area (TPSA) is 102 Å². The quantitative estimate of drug-likeness (QED) is 0.385. The normalized spacial score (nSPS) is 12.1. The molecule has 0 radical (unpaired) electrons. The summed E-state index contributed by atoms with van der Waals surface area (Å²) in [7, 11) is -2.40. The highest BCUT2D eigenvalue weighted by Crippen LogP contribution is 2.31. The van der Waals surface area contributed by atoms with Gasteiger partial charge in [0, 0.05) is 18.0 Å². The number of sulfone groups is 1. The molecule has 168 valence electrons. The van der Waals surface area contributed by atoms with Gasteiger partial charge in [0.15, 0.2) is 9.84 Å². The second kappa shape index (κ2) is 10.4. The van der Waals surface area contributed by atoms with E-state index in [1.54, 1.807) is 48.9 Å². The fraction of sp³-hybridized carbons (Fsp3) is 0.182. The number of thiophene rings is 1. The van der Waals surface area contributed by atoms with Crippen LogP contribution in [0.25, 0.3) is 0 Å². The summed E-state index contributed by atoms with van der Waals surface area (Å²) in [6, 6.07) is 14.7. The number of benzene rings is 2. The van der Waals surface area contributed by atoms with E-state index in [2.05, 4.69) is 10.6 Å². The summed E-state index contributed by atoms with van der Waals surface area (Å²) in [5, 5.41) is 5.48. The molecule has 0 bridgehead atoms. The van der Waals surface area contributed by atoms with E-state index < -0.39 is 32.7 Å². The molecule has 1 unspecified atom stereocenters. The lowest BCUT2D eigenvalue weighted by Crippen LogP contribution is -2.42. The fourth-order valence-electron chi connectivity index (χ4n) is 2.90. The van der Waals surface area contributed by atoms with Gasteiger partial charge >= 0.3 is 11.8 Å². The number of nitrogens with one attached hydrogen (secondary N) is 2. The molecule has 0 aliphatic rings. The summed E-state index contributed by atoms with van der Waals surface area (Å²) in [5.74, 6) is -1.72. The molecule has 1 aromatic heterocycles. The maximum atomic E-state index is 13.2. The molecule has 3 rings (SSSR count). The largest absolute Gasteiger partial charge is 0.497 e. The maximum Gasteiger partial charge on any atom is 0.309 e. The molecule has 0 saturated heterocycles. The number of hydrogen-bond acceptors (Lipinski definition) is 6. The number of halogens is 1. The minimum Gasteiger partial charge on any atom is -0.497 e. The summed E-state index contributed by atoms with van der Waals surface area (Å²) in [4.78, 5) is 24.8. The molecule has 2 aromatic carbocycles. The molecule has 7 nitrogen and oxygen atoms in total. The zero-order valence-corrected chi connectivity index (χ0v) is 18.7. The van der Waals surface area contributed by atoms with Crippen molar-refractivity contribution < 1.29 is 27.1 Å². The van der Waals surface area contributed by atoms with E-state index in [-0.39, 0.29) is 18.0 Å². The van der Waals surface area contributed by atoms with Gasteiger partial charge in [-0.05, 0) is 53.4 Å². The lowest BCUT2D eigenvalue weighted by molar-refractivity contribution is -0.139. The third-order valence-electron chi connectivity index (χ3n) is 4.64. The molecule has 0 fully saturated rings. The Morgan fingerprint density at radius 1 is 1.00 bits per heavy atom. The third-order valence-corrected chi connectivity index (χ3v) is 7.88. The van der Waals surface area contributed by atoms with E-state index >= 15 is 0 Å². The molecular formula is C22H21FN2O5S2. The first-order valence-electron chi connectivity index (χ1n) is 9.53. The van der Waals surface area contributed by atoms with Crippen molar-refractivity contribution >= 4 is 33.0 Å². The van der Waals surface area contributed by atoms with Crippen LogP contribution in [0.4, 0.5) is 4.39 Å². The first-order chi connectivity index (χ1) is 15.3. The number of hydrogen-bond donors (Lipinski definition) is 2. The highest BCUT2D eigenvalue weighted by atomic mass is 32.2. The van der Waals surface area contributed by atoms with Gasteiger partial charge in [0.05, 0.1) is 12.0 Å². The Labute approximate surface area is 189 Å². The van der Waals surface area contributed by atoms with Gasteiger partial charge in [-0.15, -0.1) is 11.3 Å². The molecule has 3 aromatic rings. The van der Waals surface area contributed by atoms with E-state index in [1.165, 1.54) is 23.5 Å². The van der Waals surface area contributed by atoms with Crippen LogP contribution in [0.2, 0.25) is 0 Å². The summed E-state index contributed by atoms with van der Waals surface area (Å²) >= 11 is 1.21. The Kier molecular flexibility index (Phi) is 7.60. The Morgan fingerprint density at radius 3 is 2.25 bits per heavy atom. The smallest absolute Gasteiger partial charge is 0.309 e. The average molecular weight is 477 g/mol. The minimum absolute atomic E-state index is 0.0736. The molecule has 1 heterocycles. The fourth-order valence-corrected chi connectivity index (χ4v) is 5.68. The van der Waals surface area contributed by atoms with Gasteiger partial charge in [0.1, 0.15) is 16.8 Å². The summed E-state index contributed by atoms with van der Waals surface area (Å²) in [5.41, 5.74) is 0.766. The second-order valence-electron chi connectivity index (χ2n) is 6.74. The van der Waals surface area contributed by atoms with Gasteiger partial charge < -0.3 is 15.4 Å². The van der Waals surface area contributed by atoms with E-state index in [0.29, 0.717) is 10.6 Å². The van der Waals surface area contributed by atoms with Crippen LogP contribution < -0.4 is 15.4 Å². The van der Waals surface area contributed by atoms with Crippen LogP contribution in [-0.4, -0.2) is 33.9 Å². The van der Waals surface area contributed by atoms with E-state index in [9.17, 15) is 22.4 Å². The van der Waals surface area contributed by atoms with Crippen molar-refractivity contribution in [2.45, 2.75) is 16.7 Å². The summed E-state index contributed by atoms with van der Waals surface area (Å²) in [6.45, 7) is -0.187. The highest BCUT2D eigenvalue weighted by molar-refractivity contribution is 7.91. The molecular weight excluding hydrogens is 455 g/mol. The molecule has 2 N–H and O–H groups in total. The maximum absolute atomic E-state index is 13.2. The summed E-state index contributed by atoms with van der Waals surface area (Å²) in [6.07, 6.45) is 0. The zero-order valence-electron chi connectivity index (χ0n) is 17.1. The first-order valence-corrected chi connectivity index (χ1v) is 12.0. The van der Waals surface area contributed by atoms with E-state index in [0.717, 1.165) is 17.7 Å². The Bertz CT molecular complexity index is 1160. The lowest BCUT2D eigenvalue weighted by Gasteiger charge is -2.17. The SMILES string of the molecule is COc1ccc(CNC(=O)C(=O)NCC(c2cccs2)S(=O)(=O)c2ccc(F)cc2)cc1. The van der Waals surface area contributed by atoms with Crippen LogP contribution in [-0.2, 0) is 26.0 Å². The van der Waals surface area contributed by atoms with Crippen molar-refractivity contribution in [2.24, 2.45) is 0 Å². The zero-order chi connectivity index (χ0) is 23.1. The molecule has 0 aliphatic heterocycles. The predicted molar refractivity (Wildman–Crippen MR) is 118 cm³/mol. The van der Waals surface area contributed by atoms with Crippen LogP contribution in [0.1, 0.15) is 15.7 Å². The average Bonchev–Trinajstić information content (AvgIpc) is 3.32. The Morgan fingerprint density at radius 2 is 1.66 bits per heavy atom. The van der Waals surface area contributed by atoms with Gasteiger partial charge in [0.25, 0.3) is 0 Å². The molecule has 32 heavy (non-hydrogen) atoms. The second-order valence-corrected chi connectivity index (χ2v) is 9.85. The Hall–Kier alpha value is -3.24. The van der Waals surface area contributed by atoms with E-state index in [4.69, 9.17) is 4.74 Å². The number of carbonyl (C=O) groups is 2. The number of amides is 2. The molecule has 0 spiro atoms. The van der Waals surface area contributed by atoms with Crippen molar-refractivity contribution in [2.75, 3.05) is 13.7 Å². The monoisotopic (exact) mass is 476 g/mol. The highest BCUT2D eigenvalue weighted by Gasteiger charge is 2.31. The predicted octanol–water partition coefficient (Wildman–Crippen LogP) is 2.84. The molecule has 2 amide bonds. The number of rotatable bonds is 8. The van der Waals surface area contributed by atoms with Gasteiger partial charge in [-0.1, -0.05) is 18.2 Å². The van der Waals surface area contributed by atoms with Crippen molar-refractivity contribution in [3.05, 3.63) is 82.3 Å². The molecule has 10 heteroatoms. The van der Waals surface area contributed by atoms with Crippen LogP contribution in [0.5, 0.6) is 5.75 Å². The number of carbonyl (C=O) groups excluding carboxylic acids is 2. The summed E-state index contributed by atoms with van der Waals surface area (Å²) < 4.78 is 44.5. The van der Waals surface area contributed by atoms with Crippen LogP contribution >= 0.6 is 11.3 Å². The molecule has 0 saturated carbocycles. The molecule has 0 aliphatic carbocycles. The molecule has 1 atom stereocenters. The van der Waals surface area contributed by atoms with Gasteiger partial charge in [0.2, 0.25) is 0 Å². The van der Waals surface area contributed by atoms with Crippen molar-refractivity contribution in [3.8, 4) is 5.75 Å². The number of methoxy groups -OCH3 is 1. The van der Waals surface area contributed by atoms with Crippen molar-refractivity contribution in [3.63, 3.8) is 0 Å². The van der Waals surface area contributed by atoms with Crippen LogP contribution in [0.3, 0.4) is 0 Å². The van der Waals surface area contributed by atoms with Crippen LogP contribution in [0.15, 0.2) is 70.9 Å². The lowest BCUT2D eigenvalue weighted by atomic mass is 10.2. The first kappa shape index (κ1) is 23.4. The van der Waals surface area contributed by atoms with Gasteiger partial charge in [-0.2, -0.15) is 0 Å². The minimum atomic E-state index is -3.94. The standard InChI is InChI=1S/C22H21FN2O5S2/c1-30-17-8-4-15(5-9-17)13-24-21(26)22(27)25-14-20(19-3-2-12-31-19)32(28,29)18-10-6-16(23)7-11-18/h2-12,20H,13-14H2,1H3,(H,24,26)(H,25,27). The van der Waals surface area contributed by atoms with Crippen molar-refractivity contribution in [1.29, 1.82) is 0 Å².